The quantitative estimate of drug-likeness (QED) is 0.651. The molecule has 0 saturated heterocycles. The molecule has 0 aliphatic rings. The third-order valence-corrected chi connectivity index (χ3v) is 4.12. The Balaban J connectivity index is 1.65. The number of anilines is 1. The number of rotatable bonds is 5. The van der Waals surface area contributed by atoms with Crippen molar-refractivity contribution in [3.05, 3.63) is 64.9 Å². The number of nitrogens with zero attached hydrogens (tertiary/aromatic N) is 2. The lowest BCUT2D eigenvalue weighted by Gasteiger charge is -2.15. The highest BCUT2D eigenvalue weighted by molar-refractivity contribution is 6.35. The van der Waals surface area contributed by atoms with Gasteiger partial charge in [-0.1, -0.05) is 35.3 Å². The molecule has 27 heavy (non-hydrogen) atoms. The van der Waals surface area contributed by atoms with Crippen LogP contribution in [0.2, 0.25) is 10.0 Å². The molecule has 6 nitrogen and oxygen atoms in total. The van der Waals surface area contributed by atoms with E-state index in [0.29, 0.717) is 32.9 Å². The van der Waals surface area contributed by atoms with E-state index in [1.165, 1.54) is 18.5 Å². The number of hydrogen-bond donors (Lipinski definition) is 2. The third-order valence-electron chi connectivity index (χ3n) is 3.59. The molecule has 1 heterocycles. The fourth-order valence-corrected chi connectivity index (χ4v) is 2.70. The fraction of sp³-hybridized carbons (Fsp3) is 0.105. The van der Waals surface area contributed by atoms with Gasteiger partial charge in [-0.05, 0) is 37.3 Å². The van der Waals surface area contributed by atoms with E-state index in [4.69, 9.17) is 27.9 Å². The van der Waals surface area contributed by atoms with E-state index < -0.39 is 6.10 Å². The second-order valence-electron chi connectivity index (χ2n) is 5.67. The lowest BCUT2D eigenvalue weighted by molar-refractivity contribution is -0.122. The molecule has 0 fully saturated rings. The molecule has 0 saturated carbocycles. The first-order valence-corrected chi connectivity index (χ1v) is 8.72. The topological polar surface area (TPSA) is 84.3 Å². The zero-order chi connectivity index (χ0) is 19.4. The smallest absolute Gasteiger partial charge is 0.265 e. The summed E-state index contributed by atoms with van der Waals surface area (Å²) in [5.74, 6) is 0.537. The predicted octanol–water partition coefficient (Wildman–Crippen LogP) is 4.56. The van der Waals surface area contributed by atoms with E-state index in [-0.39, 0.29) is 11.7 Å². The van der Waals surface area contributed by atoms with Gasteiger partial charge < -0.3 is 15.2 Å². The van der Waals surface area contributed by atoms with Crippen LogP contribution in [0.3, 0.4) is 0 Å². The zero-order valence-electron chi connectivity index (χ0n) is 14.2. The SMILES string of the molecule is CC(Oc1ccc(Cl)cc1Cl)C(=O)Nc1cnc(-c2cccc(O)c2)nc1. The number of halogens is 2. The zero-order valence-corrected chi connectivity index (χ0v) is 15.7. The van der Waals surface area contributed by atoms with Gasteiger partial charge in [-0.15, -0.1) is 0 Å². The van der Waals surface area contributed by atoms with Gasteiger partial charge in [-0.3, -0.25) is 4.79 Å². The van der Waals surface area contributed by atoms with Gasteiger partial charge in [0.05, 0.1) is 23.1 Å². The Morgan fingerprint density at radius 2 is 1.89 bits per heavy atom. The van der Waals surface area contributed by atoms with Crippen LogP contribution >= 0.6 is 23.2 Å². The van der Waals surface area contributed by atoms with Gasteiger partial charge in [0.2, 0.25) is 0 Å². The van der Waals surface area contributed by atoms with Gasteiger partial charge in [0.1, 0.15) is 11.5 Å². The molecule has 3 aromatic rings. The average Bonchev–Trinajstić information content (AvgIpc) is 2.64. The molecule has 0 aliphatic carbocycles. The molecule has 1 aromatic heterocycles. The van der Waals surface area contributed by atoms with Crippen LogP contribution in [0.15, 0.2) is 54.9 Å². The number of hydrogen-bond acceptors (Lipinski definition) is 5. The predicted molar refractivity (Wildman–Crippen MR) is 104 cm³/mol. The molecule has 0 aliphatic heterocycles. The number of aromatic nitrogens is 2. The van der Waals surface area contributed by atoms with Crippen molar-refractivity contribution in [2.45, 2.75) is 13.0 Å². The maximum absolute atomic E-state index is 12.3. The number of amides is 1. The second kappa shape index (κ2) is 8.24. The van der Waals surface area contributed by atoms with E-state index in [9.17, 15) is 9.90 Å². The summed E-state index contributed by atoms with van der Waals surface area (Å²) in [4.78, 5) is 20.7. The molecule has 8 heteroatoms. The molecule has 0 radical (unpaired) electrons. The molecule has 1 amide bonds. The Kier molecular flexibility index (Phi) is 5.78. The minimum Gasteiger partial charge on any atom is -0.508 e. The third kappa shape index (κ3) is 4.87. The van der Waals surface area contributed by atoms with Gasteiger partial charge >= 0.3 is 0 Å². The summed E-state index contributed by atoms with van der Waals surface area (Å²) < 4.78 is 5.57. The van der Waals surface area contributed by atoms with E-state index in [2.05, 4.69) is 15.3 Å². The molecular formula is C19H15Cl2N3O3. The fourth-order valence-electron chi connectivity index (χ4n) is 2.25. The molecule has 0 bridgehead atoms. The van der Waals surface area contributed by atoms with Crippen molar-refractivity contribution in [3.63, 3.8) is 0 Å². The lowest BCUT2D eigenvalue weighted by atomic mass is 10.2. The van der Waals surface area contributed by atoms with Crippen molar-refractivity contribution < 1.29 is 14.6 Å². The van der Waals surface area contributed by atoms with E-state index in [1.807, 2.05) is 0 Å². The van der Waals surface area contributed by atoms with Crippen molar-refractivity contribution in [1.29, 1.82) is 0 Å². The molecule has 1 atom stereocenters. The molecule has 2 aromatic carbocycles. The number of benzene rings is 2. The van der Waals surface area contributed by atoms with Crippen LogP contribution in [0, 0.1) is 0 Å². The second-order valence-corrected chi connectivity index (χ2v) is 6.51. The Labute approximate surface area is 165 Å². The van der Waals surface area contributed by atoms with Gasteiger partial charge in [-0.25, -0.2) is 9.97 Å². The van der Waals surface area contributed by atoms with Crippen molar-refractivity contribution in [3.8, 4) is 22.9 Å². The Morgan fingerprint density at radius 3 is 2.56 bits per heavy atom. The van der Waals surface area contributed by atoms with Crippen molar-refractivity contribution in [2.75, 3.05) is 5.32 Å². The molecular weight excluding hydrogens is 389 g/mol. The number of phenolic OH excluding ortho intramolecular Hbond substituents is 1. The van der Waals surface area contributed by atoms with Crippen LogP contribution in [0.1, 0.15) is 6.92 Å². The number of aromatic hydroxyl groups is 1. The number of phenols is 1. The highest BCUT2D eigenvalue weighted by atomic mass is 35.5. The lowest BCUT2D eigenvalue weighted by Crippen LogP contribution is -2.30. The van der Waals surface area contributed by atoms with Crippen LogP contribution in [0.5, 0.6) is 11.5 Å². The van der Waals surface area contributed by atoms with Gasteiger partial charge in [0, 0.05) is 10.6 Å². The monoisotopic (exact) mass is 403 g/mol. The van der Waals surface area contributed by atoms with Gasteiger partial charge in [0.15, 0.2) is 11.9 Å². The van der Waals surface area contributed by atoms with Crippen molar-refractivity contribution in [1.82, 2.24) is 9.97 Å². The van der Waals surface area contributed by atoms with Crippen molar-refractivity contribution in [2.24, 2.45) is 0 Å². The summed E-state index contributed by atoms with van der Waals surface area (Å²) >= 11 is 11.9. The Morgan fingerprint density at radius 1 is 1.15 bits per heavy atom. The minimum atomic E-state index is -0.797. The molecule has 2 N–H and O–H groups in total. The Bertz CT molecular complexity index is 965. The summed E-state index contributed by atoms with van der Waals surface area (Å²) in [6.07, 6.45) is 2.16. The molecule has 138 valence electrons. The minimum absolute atomic E-state index is 0.125. The summed E-state index contributed by atoms with van der Waals surface area (Å²) in [7, 11) is 0. The van der Waals surface area contributed by atoms with Crippen LogP contribution in [-0.2, 0) is 4.79 Å². The van der Waals surface area contributed by atoms with E-state index in [1.54, 1.807) is 43.3 Å². The van der Waals surface area contributed by atoms with E-state index >= 15 is 0 Å². The number of nitrogens with one attached hydrogen (secondary N) is 1. The van der Waals surface area contributed by atoms with Crippen molar-refractivity contribution >= 4 is 34.8 Å². The number of ether oxygens (including phenoxy) is 1. The van der Waals surface area contributed by atoms with Gasteiger partial charge in [-0.2, -0.15) is 0 Å². The first-order chi connectivity index (χ1) is 12.9. The van der Waals surface area contributed by atoms with Crippen LogP contribution < -0.4 is 10.1 Å². The molecule has 1 unspecified atom stereocenters. The standard InChI is InChI=1S/C19H15Cl2N3O3/c1-11(27-17-6-5-13(20)8-16(17)21)19(26)24-14-9-22-18(23-10-14)12-3-2-4-15(25)7-12/h2-11,25H,1H3,(H,24,26). The summed E-state index contributed by atoms with van der Waals surface area (Å²) in [6.45, 7) is 1.60. The summed E-state index contributed by atoms with van der Waals surface area (Å²) in [6, 6.07) is 11.4. The number of carbonyl (C=O) groups excluding carboxylic acids is 1. The summed E-state index contributed by atoms with van der Waals surface area (Å²) in [5.41, 5.74) is 1.09. The van der Waals surface area contributed by atoms with Crippen LogP contribution in [0.25, 0.3) is 11.4 Å². The molecule has 3 rings (SSSR count). The summed E-state index contributed by atoms with van der Waals surface area (Å²) in [5, 5.41) is 13.0. The highest BCUT2D eigenvalue weighted by Gasteiger charge is 2.17. The largest absolute Gasteiger partial charge is 0.508 e. The van der Waals surface area contributed by atoms with Crippen LogP contribution in [0.4, 0.5) is 5.69 Å². The maximum Gasteiger partial charge on any atom is 0.265 e. The maximum atomic E-state index is 12.3. The normalized spacial score (nSPS) is 11.7. The first kappa shape index (κ1) is 18.9. The molecule has 0 spiro atoms. The first-order valence-electron chi connectivity index (χ1n) is 7.96. The Hall–Kier alpha value is -2.83. The highest BCUT2D eigenvalue weighted by Crippen LogP contribution is 2.28. The van der Waals surface area contributed by atoms with Crippen LogP contribution in [-0.4, -0.2) is 27.1 Å². The average molecular weight is 404 g/mol. The number of carbonyl (C=O) groups is 1. The van der Waals surface area contributed by atoms with E-state index in [0.717, 1.165) is 0 Å². The van der Waals surface area contributed by atoms with Gasteiger partial charge in [0.25, 0.3) is 5.91 Å².